The van der Waals surface area contributed by atoms with Crippen molar-refractivity contribution < 1.29 is 20.1 Å². The van der Waals surface area contributed by atoms with Crippen LogP contribution in [-0.2, 0) is 52.6 Å². The predicted octanol–water partition coefficient (Wildman–Crippen LogP) is 14.9. The molecule has 6 bridgehead atoms. The molecule has 0 N–H and O–H groups in total. The zero-order valence-corrected chi connectivity index (χ0v) is 44.5. The summed E-state index contributed by atoms with van der Waals surface area (Å²) in [6.45, 7) is 41.3. The summed E-state index contributed by atoms with van der Waals surface area (Å²) in [7, 11) is 0. The molecular weight excluding hydrogens is 955 g/mol. The number of hydrogen-bond acceptors (Lipinski definition) is 3. The van der Waals surface area contributed by atoms with E-state index in [1.807, 2.05) is 0 Å². The van der Waals surface area contributed by atoms with Crippen LogP contribution in [0, 0.1) is 18.2 Å². The van der Waals surface area contributed by atoms with Gasteiger partial charge < -0.3 is 0 Å². The van der Waals surface area contributed by atoms with Gasteiger partial charge in [0.15, 0.2) is 0 Å². The summed E-state index contributed by atoms with van der Waals surface area (Å²) < 4.78 is 0. The molecule has 0 spiro atoms. The average Bonchev–Trinajstić information content (AvgIpc) is 3.16. The summed E-state index contributed by atoms with van der Waals surface area (Å²) in [5.41, 5.74) is 15.7. The summed E-state index contributed by atoms with van der Waals surface area (Å²) in [6, 6.07) is 45.3. The first-order valence-corrected chi connectivity index (χ1v) is 23.1. The quantitative estimate of drug-likeness (QED) is 0.166. The fraction of sp³-hybridized carbons (Fsp3) is 0.450. The van der Waals surface area contributed by atoms with Gasteiger partial charge in [-0.3, -0.25) is 15.0 Å². The van der Waals surface area contributed by atoms with E-state index in [1.54, 1.807) is 0 Å². The van der Waals surface area contributed by atoms with E-state index in [1.165, 1.54) is 33.4 Å². The molecule has 0 saturated carbocycles. The van der Waals surface area contributed by atoms with Gasteiger partial charge in [0.1, 0.15) is 0 Å². The Bertz CT molecular complexity index is 2280. The monoisotopic (exact) mass is 1030 g/mol. The number of rotatable bonds is 3. The van der Waals surface area contributed by atoms with Crippen molar-refractivity contribution in [3.63, 3.8) is 0 Å². The van der Waals surface area contributed by atoms with Gasteiger partial charge in [-0.25, -0.2) is 0 Å². The number of pyridine rings is 3. The molecule has 3 nitrogen and oxygen atoms in total. The smallest absolute Gasteiger partial charge is 0.256 e. The third kappa shape index (κ3) is 10.4. The number of benzene rings is 3. The SMILES string of the molecule is CC(C)(C)c1cc[c-]c(C2c3cc(C(C)(C)C)cc(n3)C(c3[c-]ccc(C(C)(C)C)c3)c3cc(C(C)(C)C)cc(n3)C(c3[c-]ccc(C(C)(C)C)c3)c3cc(C(C)(C)C)cc2n3)c1.[Ir+3]. The third-order valence-electron chi connectivity index (χ3n) is 13.0. The molecule has 3 aromatic carbocycles. The summed E-state index contributed by atoms with van der Waals surface area (Å²) in [5, 5.41) is 0. The van der Waals surface area contributed by atoms with E-state index in [0.717, 1.165) is 50.9 Å². The maximum absolute atomic E-state index is 5.86. The van der Waals surface area contributed by atoms with Crippen LogP contribution < -0.4 is 0 Å². The van der Waals surface area contributed by atoms with E-state index in [4.69, 9.17) is 15.0 Å². The Morgan fingerprint density at radius 3 is 0.656 bits per heavy atom. The van der Waals surface area contributed by atoms with Crippen molar-refractivity contribution in [2.24, 2.45) is 0 Å². The second-order valence-electron chi connectivity index (χ2n) is 24.5. The molecule has 7 rings (SSSR count). The Balaban J connectivity index is 0.00000680. The normalized spacial score (nSPS) is 17.2. The van der Waals surface area contributed by atoms with Gasteiger partial charge in [-0.1, -0.05) is 125 Å². The molecule has 4 heterocycles. The largest absolute Gasteiger partial charge is 3.00 e. The fourth-order valence-corrected chi connectivity index (χ4v) is 8.67. The van der Waals surface area contributed by atoms with Crippen molar-refractivity contribution in [1.82, 2.24) is 15.0 Å². The van der Waals surface area contributed by atoms with Crippen molar-refractivity contribution in [2.45, 2.75) is 175 Å². The van der Waals surface area contributed by atoms with Crippen molar-refractivity contribution >= 4 is 0 Å². The number of hydrogen-bond donors (Lipinski definition) is 0. The molecule has 0 atom stereocenters. The van der Waals surface area contributed by atoms with Gasteiger partial charge in [-0.15, -0.1) is 16.7 Å². The van der Waals surface area contributed by atoms with Gasteiger partial charge in [0.05, 0.1) is 34.2 Å². The molecule has 0 amide bonds. The minimum absolute atomic E-state index is 0. The Kier molecular flexibility index (Phi) is 13.2. The molecule has 1 aliphatic rings. The first-order valence-electron chi connectivity index (χ1n) is 23.1. The number of fused-ring (bicyclic) bond motifs is 6. The first kappa shape index (κ1) is 49.2. The maximum Gasteiger partial charge on any atom is 3.00 e. The summed E-state index contributed by atoms with van der Waals surface area (Å²) in [5.74, 6) is -0.913. The fourth-order valence-electron chi connectivity index (χ4n) is 8.67. The standard InChI is InChI=1S/C60H72N3.Ir/c1-55(2,3)40-25-19-22-37(28-40)52-46-31-43(58(10,11)12)33-48(61-46)53(38-23-20-26-41(29-38)56(4,5)6)50-35-45(60(16,17)18)36-51(63-50)54(39-24-21-27-42(30-39)57(7,8)9)49-34-44(59(13,14)15)32-47(52)62-49;/h19-21,25-36,52-54H,1-18H3;/q-3;+3. The van der Waals surface area contributed by atoms with Gasteiger partial charge in [0.2, 0.25) is 0 Å². The van der Waals surface area contributed by atoms with E-state index in [2.05, 4.69) is 234 Å². The summed E-state index contributed by atoms with van der Waals surface area (Å²) in [6.07, 6.45) is 0. The maximum atomic E-state index is 5.86. The van der Waals surface area contributed by atoms with E-state index >= 15 is 0 Å². The van der Waals surface area contributed by atoms with Crippen molar-refractivity contribution in [3.05, 3.63) is 193 Å². The van der Waals surface area contributed by atoms with Crippen LogP contribution in [0.15, 0.2) is 91.0 Å². The van der Waals surface area contributed by atoms with Gasteiger partial charge in [-0.05, 0) is 85.6 Å². The Morgan fingerprint density at radius 1 is 0.297 bits per heavy atom. The molecule has 1 aliphatic heterocycles. The Hall–Kier alpha value is -4.24. The van der Waals surface area contributed by atoms with Crippen LogP contribution in [0.3, 0.4) is 0 Å². The van der Waals surface area contributed by atoms with Crippen molar-refractivity contribution in [3.8, 4) is 0 Å². The summed E-state index contributed by atoms with van der Waals surface area (Å²) >= 11 is 0. The molecule has 3 aromatic heterocycles. The third-order valence-corrected chi connectivity index (χ3v) is 13.0. The van der Waals surface area contributed by atoms with Crippen LogP contribution in [0.5, 0.6) is 0 Å². The molecule has 4 heteroatoms. The van der Waals surface area contributed by atoms with Gasteiger partial charge in [0.25, 0.3) is 0 Å². The molecule has 64 heavy (non-hydrogen) atoms. The average molecular weight is 1030 g/mol. The molecular formula is C60H72IrN3. The van der Waals surface area contributed by atoms with E-state index in [0.29, 0.717) is 0 Å². The Morgan fingerprint density at radius 2 is 0.484 bits per heavy atom. The number of nitrogens with zero attached hydrogens (tertiary/aromatic N) is 3. The van der Waals surface area contributed by atoms with E-state index in [-0.39, 0.29) is 70.3 Å². The summed E-state index contributed by atoms with van der Waals surface area (Å²) in [4.78, 5) is 17.6. The van der Waals surface area contributed by atoms with Crippen LogP contribution in [0.2, 0.25) is 0 Å². The first-order chi connectivity index (χ1) is 29.0. The molecule has 0 radical (unpaired) electrons. The van der Waals surface area contributed by atoms with Crippen LogP contribution in [0.1, 0.15) is 227 Å². The number of aromatic nitrogens is 3. The van der Waals surface area contributed by atoms with Crippen LogP contribution in [0.25, 0.3) is 0 Å². The van der Waals surface area contributed by atoms with E-state index < -0.39 is 0 Å². The van der Waals surface area contributed by atoms with Crippen molar-refractivity contribution in [2.75, 3.05) is 0 Å². The van der Waals surface area contributed by atoms with Crippen LogP contribution in [-0.4, -0.2) is 15.0 Å². The van der Waals surface area contributed by atoms with Crippen molar-refractivity contribution in [1.29, 1.82) is 0 Å². The van der Waals surface area contributed by atoms with Crippen LogP contribution >= 0.6 is 0 Å². The molecule has 0 unspecified atom stereocenters. The van der Waals surface area contributed by atoms with Gasteiger partial charge in [0, 0.05) is 17.8 Å². The minimum atomic E-state index is -0.304. The molecule has 0 saturated heterocycles. The second-order valence-corrected chi connectivity index (χ2v) is 24.5. The predicted molar refractivity (Wildman–Crippen MR) is 264 cm³/mol. The molecule has 336 valence electrons. The minimum Gasteiger partial charge on any atom is -0.256 e. The van der Waals surface area contributed by atoms with Gasteiger partial charge in [-0.2, -0.15) is 89.5 Å². The van der Waals surface area contributed by atoms with Crippen LogP contribution in [0.4, 0.5) is 0 Å². The molecule has 0 aliphatic carbocycles. The van der Waals surface area contributed by atoms with Gasteiger partial charge >= 0.3 is 20.1 Å². The zero-order chi connectivity index (χ0) is 46.2. The molecule has 6 aromatic rings. The van der Waals surface area contributed by atoms with E-state index in [9.17, 15) is 0 Å². The molecule has 0 fully saturated rings. The Labute approximate surface area is 401 Å². The second kappa shape index (κ2) is 17.2. The zero-order valence-electron chi connectivity index (χ0n) is 42.1. The topological polar surface area (TPSA) is 38.7 Å².